The van der Waals surface area contributed by atoms with E-state index in [1.165, 1.54) is 12.7 Å². The Hall–Kier alpha value is -3.62. The number of aryl methyl sites for hydroxylation is 1. The molecular formula is C16H15N9. The van der Waals surface area contributed by atoms with Crippen molar-refractivity contribution in [2.45, 2.75) is 6.92 Å². The Morgan fingerprint density at radius 2 is 1.96 bits per heavy atom. The molecule has 9 nitrogen and oxygen atoms in total. The zero-order valence-electron chi connectivity index (χ0n) is 13.6. The van der Waals surface area contributed by atoms with Gasteiger partial charge in [0, 0.05) is 18.3 Å². The number of anilines is 3. The third-order valence-electron chi connectivity index (χ3n) is 3.65. The van der Waals surface area contributed by atoms with E-state index in [-0.39, 0.29) is 0 Å². The second-order valence-electron chi connectivity index (χ2n) is 5.45. The molecule has 0 aliphatic heterocycles. The SMILES string of the molecule is CNc1cc(C)cc(-c2ncnc(Nc3n[nH]c4cncnc34)n2)c1. The first-order chi connectivity index (χ1) is 12.2. The first-order valence-corrected chi connectivity index (χ1v) is 7.63. The van der Waals surface area contributed by atoms with Crippen molar-refractivity contribution in [3.8, 4) is 11.4 Å². The highest BCUT2D eigenvalue weighted by Crippen LogP contribution is 2.23. The zero-order valence-corrected chi connectivity index (χ0v) is 13.6. The van der Waals surface area contributed by atoms with Crippen molar-refractivity contribution in [2.24, 2.45) is 0 Å². The average Bonchev–Trinajstić information content (AvgIpc) is 3.04. The Bertz CT molecular complexity index is 1040. The molecule has 0 saturated carbocycles. The van der Waals surface area contributed by atoms with E-state index in [9.17, 15) is 0 Å². The van der Waals surface area contributed by atoms with Gasteiger partial charge >= 0.3 is 0 Å². The monoisotopic (exact) mass is 333 g/mol. The quantitative estimate of drug-likeness (QED) is 0.521. The molecule has 25 heavy (non-hydrogen) atoms. The normalized spacial score (nSPS) is 10.8. The predicted octanol–water partition coefficient (Wildman–Crippen LogP) is 2.30. The second-order valence-corrected chi connectivity index (χ2v) is 5.45. The largest absolute Gasteiger partial charge is 0.388 e. The standard InChI is InChI=1S/C16H15N9/c1-9-3-10(5-11(4-9)17-2)14-20-8-21-16(22-14)23-15-13-12(24-25-15)6-18-7-19-13/h3-8,17H,1-2H3,(H2,20,21,22,23,24,25). The lowest BCUT2D eigenvalue weighted by atomic mass is 10.1. The Morgan fingerprint density at radius 3 is 2.84 bits per heavy atom. The van der Waals surface area contributed by atoms with Crippen molar-refractivity contribution in [3.63, 3.8) is 0 Å². The van der Waals surface area contributed by atoms with Gasteiger partial charge in [-0.25, -0.2) is 19.9 Å². The fourth-order valence-electron chi connectivity index (χ4n) is 2.51. The molecule has 4 aromatic rings. The lowest BCUT2D eigenvalue weighted by Crippen LogP contribution is -2.01. The van der Waals surface area contributed by atoms with Crippen LogP contribution in [0.3, 0.4) is 0 Å². The van der Waals surface area contributed by atoms with Crippen LogP contribution in [0.1, 0.15) is 5.56 Å². The van der Waals surface area contributed by atoms with Crippen LogP contribution in [0.4, 0.5) is 17.5 Å². The summed E-state index contributed by atoms with van der Waals surface area (Å²) in [5.41, 5.74) is 4.43. The molecule has 1 aromatic carbocycles. The van der Waals surface area contributed by atoms with Crippen LogP contribution in [0, 0.1) is 6.92 Å². The number of aromatic amines is 1. The predicted molar refractivity (Wildman–Crippen MR) is 94.5 cm³/mol. The molecule has 3 N–H and O–H groups in total. The number of nitrogens with zero attached hydrogens (tertiary/aromatic N) is 6. The molecule has 0 radical (unpaired) electrons. The number of benzene rings is 1. The van der Waals surface area contributed by atoms with Crippen LogP contribution in [0.5, 0.6) is 0 Å². The summed E-state index contributed by atoms with van der Waals surface area (Å²) in [5, 5.41) is 13.2. The van der Waals surface area contributed by atoms with E-state index in [0.29, 0.717) is 23.1 Å². The van der Waals surface area contributed by atoms with Crippen molar-refractivity contribution in [1.82, 2.24) is 35.1 Å². The number of rotatable bonds is 4. The number of hydrogen-bond donors (Lipinski definition) is 3. The molecule has 0 saturated heterocycles. The third-order valence-corrected chi connectivity index (χ3v) is 3.65. The highest BCUT2D eigenvalue weighted by Gasteiger charge is 2.10. The van der Waals surface area contributed by atoms with E-state index < -0.39 is 0 Å². The van der Waals surface area contributed by atoms with Gasteiger partial charge in [0.15, 0.2) is 11.6 Å². The molecule has 124 valence electrons. The average molecular weight is 333 g/mol. The molecule has 0 spiro atoms. The van der Waals surface area contributed by atoms with E-state index >= 15 is 0 Å². The van der Waals surface area contributed by atoms with Crippen molar-refractivity contribution in [1.29, 1.82) is 0 Å². The molecule has 0 aliphatic carbocycles. The molecule has 0 atom stereocenters. The molecule has 3 heterocycles. The third kappa shape index (κ3) is 2.94. The lowest BCUT2D eigenvalue weighted by molar-refractivity contribution is 1.05. The fourth-order valence-corrected chi connectivity index (χ4v) is 2.51. The summed E-state index contributed by atoms with van der Waals surface area (Å²) in [5.74, 6) is 1.51. The highest BCUT2D eigenvalue weighted by atomic mass is 15.2. The van der Waals surface area contributed by atoms with Crippen LogP contribution in [0.15, 0.2) is 37.1 Å². The van der Waals surface area contributed by atoms with Gasteiger partial charge in [-0.1, -0.05) is 0 Å². The fraction of sp³-hybridized carbons (Fsp3) is 0.125. The minimum absolute atomic E-state index is 0.393. The summed E-state index contributed by atoms with van der Waals surface area (Å²) < 4.78 is 0. The van der Waals surface area contributed by atoms with Crippen LogP contribution in [0.2, 0.25) is 0 Å². The molecule has 0 fully saturated rings. The molecule has 3 aromatic heterocycles. The Morgan fingerprint density at radius 1 is 1.04 bits per heavy atom. The van der Waals surface area contributed by atoms with Gasteiger partial charge in [-0.3, -0.25) is 5.10 Å². The van der Waals surface area contributed by atoms with Crippen molar-refractivity contribution in [2.75, 3.05) is 17.7 Å². The molecular weight excluding hydrogens is 318 g/mol. The van der Waals surface area contributed by atoms with Crippen LogP contribution >= 0.6 is 0 Å². The zero-order chi connectivity index (χ0) is 17.2. The Labute approximate surface area is 143 Å². The van der Waals surface area contributed by atoms with Crippen LogP contribution < -0.4 is 10.6 Å². The molecule has 9 heteroatoms. The van der Waals surface area contributed by atoms with E-state index in [1.54, 1.807) is 6.20 Å². The van der Waals surface area contributed by atoms with Gasteiger partial charge in [-0.2, -0.15) is 10.1 Å². The smallest absolute Gasteiger partial charge is 0.232 e. The van der Waals surface area contributed by atoms with Gasteiger partial charge in [0.1, 0.15) is 23.7 Å². The second kappa shape index (κ2) is 6.11. The minimum atomic E-state index is 0.393. The van der Waals surface area contributed by atoms with Gasteiger partial charge in [0.2, 0.25) is 5.95 Å². The van der Waals surface area contributed by atoms with Crippen molar-refractivity contribution < 1.29 is 0 Å². The number of fused-ring (bicyclic) bond motifs is 1. The Kier molecular flexibility index (Phi) is 3.65. The topological polar surface area (TPSA) is 117 Å². The maximum atomic E-state index is 4.48. The van der Waals surface area contributed by atoms with E-state index in [2.05, 4.69) is 51.8 Å². The molecule has 0 unspecified atom stereocenters. The Balaban J connectivity index is 1.69. The summed E-state index contributed by atoms with van der Waals surface area (Å²) >= 11 is 0. The summed E-state index contributed by atoms with van der Waals surface area (Å²) in [4.78, 5) is 21.1. The van der Waals surface area contributed by atoms with Crippen molar-refractivity contribution >= 4 is 28.5 Å². The van der Waals surface area contributed by atoms with Gasteiger partial charge in [0.05, 0.1) is 6.20 Å². The summed E-state index contributed by atoms with van der Waals surface area (Å²) in [6, 6.07) is 6.07. The first kappa shape index (κ1) is 14.9. The molecule has 0 amide bonds. The maximum absolute atomic E-state index is 4.48. The molecule has 0 aliphatic rings. The van der Waals surface area contributed by atoms with Gasteiger partial charge in [-0.15, -0.1) is 0 Å². The summed E-state index contributed by atoms with van der Waals surface area (Å²) in [7, 11) is 1.88. The van der Waals surface area contributed by atoms with E-state index in [0.717, 1.165) is 22.3 Å². The first-order valence-electron chi connectivity index (χ1n) is 7.63. The van der Waals surface area contributed by atoms with Gasteiger partial charge in [0.25, 0.3) is 0 Å². The van der Waals surface area contributed by atoms with Crippen molar-refractivity contribution in [3.05, 3.63) is 42.6 Å². The number of hydrogen-bond acceptors (Lipinski definition) is 8. The maximum Gasteiger partial charge on any atom is 0.232 e. The number of nitrogens with one attached hydrogen (secondary N) is 3. The highest BCUT2D eigenvalue weighted by molar-refractivity contribution is 5.86. The summed E-state index contributed by atoms with van der Waals surface area (Å²) in [6.07, 6.45) is 4.59. The molecule has 4 rings (SSSR count). The minimum Gasteiger partial charge on any atom is -0.388 e. The van der Waals surface area contributed by atoms with Crippen LogP contribution in [-0.4, -0.2) is 42.2 Å². The summed E-state index contributed by atoms with van der Waals surface area (Å²) in [6.45, 7) is 2.03. The lowest BCUT2D eigenvalue weighted by Gasteiger charge is -2.07. The van der Waals surface area contributed by atoms with E-state index in [1.807, 2.05) is 26.1 Å². The number of H-pyrrole nitrogens is 1. The van der Waals surface area contributed by atoms with Gasteiger partial charge < -0.3 is 10.6 Å². The molecule has 0 bridgehead atoms. The van der Waals surface area contributed by atoms with Gasteiger partial charge in [-0.05, 0) is 30.7 Å². The number of aromatic nitrogens is 7. The van der Waals surface area contributed by atoms with Crippen LogP contribution in [0.25, 0.3) is 22.4 Å². The van der Waals surface area contributed by atoms with E-state index in [4.69, 9.17) is 0 Å². The van der Waals surface area contributed by atoms with Crippen LogP contribution in [-0.2, 0) is 0 Å².